The van der Waals surface area contributed by atoms with E-state index in [1.807, 2.05) is 13.8 Å². The number of rotatable bonds is 3. The normalized spacial score (nSPS) is 12.2. The van der Waals surface area contributed by atoms with E-state index in [0.29, 0.717) is 6.42 Å². The first-order chi connectivity index (χ1) is 4.36. The van der Waals surface area contributed by atoms with Crippen molar-refractivity contribution in [2.24, 2.45) is 0 Å². The standard InChI is InChI=1S/C7H15NO2/c1-6(9)5-7(2,3)8(4)10/h10H,5H2,1-4H3. The van der Waals surface area contributed by atoms with Crippen molar-refractivity contribution in [3.63, 3.8) is 0 Å². The van der Waals surface area contributed by atoms with Crippen LogP contribution < -0.4 is 0 Å². The average molecular weight is 145 g/mol. The summed E-state index contributed by atoms with van der Waals surface area (Å²) >= 11 is 0. The molecule has 3 nitrogen and oxygen atoms in total. The molecule has 0 aliphatic heterocycles. The van der Waals surface area contributed by atoms with E-state index in [0.717, 1.165) is 5.06 Å². The molecule has 0 aromatic carbocycles. The smallest absolute Gasteiger partial charge is 0.131 e. The van der Waals surface area contributed by atoms with Crippen LogP contribution >= 0.6 is 0 Å². The predicted molar refractivity (Wildman–Crippen MR) is 38.9 cm³/mol. The van der Waals surface area contributed by atoms with Gasteiger partial charge in [-0.25, -0.2) is 0 Å². The van der Waals surface area contributed by atoms with Crippen molar-refractivity contribution < 1.29 is 10.0 Å². The van der Waals surface area contributed by atoms with Gasteiger partial charge < -0.3 is 5.21 Å². The molecule has 1 N–H and O–H groups in total. The fourth-order valence-electron chi connectivity index (χ4n) is 0.724. The Bertz CT molecular complexity index is 130. The van der Waals surface area contributed by atoms with Crippen LogP contribution in [0.2, 0.25) is 0 Å². The Morgan fingerprint density at radius 2 is 2.00 bits per heavy atom. The summed E-state index contributed by atoms with van der Waals surface area (Å²) in [4.78, 5) is 10.6. The second kappa shape index (κ2) is 3.12. The summed E-state index contributed by atoms with van der Waals surface area (Å²) in [6.45, 7) is 5.15. The number of hydrogen-bond acceptors (Lipinski definition) is 3. The van der Waals surface area contributed by atoms with E-state index in [1.165, 1.54) is 6.92 Å². The molecule has 0 aliphatic carbocycles. The van der Waals surface area contributed by atoms with Crippen LogP contribution in [0.4, 0.5) is 0 Å². The lowest BCUT2D eigenvalue weighted by molar-refractivity contribution is -0.150. The van der Waals surface area contributed by atoms with Gasteiger partial charge in [0.1, 0.15) is 5.78 Å². The van der Waals surface area contributed by atoms with Gasteiger partial charge in [-0.15, -0.1) is 0 Å². The van der Waals surface area contributed by atoms with Crippen LogP contribution in [0.5, 0.6) is 0 Å². The molecule has 0 radical (unpaired) electrons. The van der Waals surface area contributed by atoms with E-state index in [-0.39, 0.29) is 5.78 Å². The molecule has 0 saturated carbocycles. The van der Waals surface area contributed by atoms with E-state index in [9.17, 15) is 4.79 Å². The molecule has 0 aliphatic rings. The van der Waals surface area contributed by atoms with Gasteiger partial charge in [-0.05, 0) is 20.8 Å². The molecular weight excluding hydrogens is 130 g/mol. The highest BCUT2D eigenvalue weighted by Gasteiger charge is 2.23. The third-order valence-electron chi connectivity index (χ3n) is 1.56. The number of hydroxylamine groups is 2. The van der Waals surface area contributed by atoms with E-state index in [2.05, 4.69) is 0 Å². The van der Waals surface area contributed by atoms with Gasteiger partial charge in [-0.1, -0.05) is 0 Å². The maximum Gasteiger partial charge on any atom is 0.131 e. The fourth-order valence-corrected chi connectivity index (χ4v) is 0.724. The van der Waals surface area contributed by atoms with Crippen LogP contribution in [-0.2, 0) is 4.79 Å². The van der Waals surface area contributed by atoms with E-state index in [4.69, 9.17) is 5.21 Å². The highest BCUT2D eigenvalue weighted by atomic mass is 16.5. The average Bonchev–Trinajstić information content (AvgIpc) is 1.60. The quantitative estimate of drug-likeness (QED) is 0.604. The summed E-state index contributed by atoms with van der Waals surface area (Å²) in [7, 11) is 1.54. The predicted octanol–water partition coefficient (Wildman–Crippen LogP) is 1.07. The van der Waals surface area contributed by atoms with Gasteiger partial charge in [-0.3, -0.25) is 4.79 Å². The number of ketones is 1. The minimum absolute atomic E-state index is 0.0888. The van der Waals surface area contributed by atoms with Crippen LogP contribution in [0.25, 0.3) is 0 Å². The monoisotopic (exact) mass is 145 g/mol. The zero-order valence-electron chi connectivity index (χ0n) is 7.01. The fraction of sp³-hybridized carbons (Fsp3) is 0.857. The molecular formula is C7H15NO2. The first kappa shape index (κ1) is 9.59. The second-order valence-electron chi connectivity index (χ2n) is 3.21. The Balaban J connectivity index is 3.99. The van der Waals surface area contributed by atoms with E-state index in [1.54, 1.807) is 7.05 Å². The zero-order valence-corrected chi connectivity index (χ0v) is 7.01. The van der Waals surface area contributed by atoms with Crippen molar-refractivity contribution in [2.75, 3.05) is 7.05 Å². The SMILES string of the molecule is CC(=O)CC(C)(C)N(C)O. The largest absolute Gasteiger partial charge is 0.314 e. The first-order valence-corrected chi connectivity index (χ1v) is 3.28. The van der Waals surface area contributed by atoms with Crippen LogP contribution in [-0.4, -0.2) is 28.6 Å². The van der Waals surface area contributed by atoms with Crippen LogP contribution in [0.1, 0.15) is 27.2 Å². The lowest BCUT2D eigenvalue weighted by Crippen LogP contribution is -2.40. The summed E-state index contributed by atoms with van der Waals surface area (Å²) in [5.41, 5.74) is -0.439. The molecule has 0 saturated heterocycles. The first-order valence-electron chi connectivity index (χ1n) is 3.28. The van der Waals surface area contributed by atoms with Crippen molar-refractivity contribution in [3.8, 4) is 0 Å². The molecule has 0 unspecified atom stereocenters. The Hall–Kier alpha value is -0.410. The van der Waals surface area contributed by atoms with Crippen molar-refractivity contribution in [2.45, 2.75) is 32.7 Å². The van der Waals surface area contributed by atoms with Crippen molar-refractivity contribution >= 4 is 5.78 Å². The molecule has 0 fully saturated rings. The molecule has 3 heteroatoms. The van der Waals surface area contributed by atoms with Crippen LogP contribution in [0.3, 0.4) is 0 Å². The third kappa shape index (κ3) is 2.94. The minimum atomic E-state index is -0.439. The number of Topliss-reactive ketones (excluding diaryl/α,β-unsaturated/α-hetero) is 1. The molecule has 0 spiro atoms. The van der Waals surface area contributed by atoms with Crippen molar-refractivity contribution in [1.29, 1.82) is 0 Å². The topological polar surface area (TPSA) is 40.5 Å². The van der Waals surface area contributed by atoms with Crippen molar-refractivity contribution in [3.05, 3.63) is 0 Å². The van der Waals surface area contributed by atoms with E-state index < -0.39 is 5.54 Å². The molecule has 0 rings (SSSR count). The summed E-state index contributed by atoms with van der Waals surface area (Å²) < 4.78 is 0. The van der Waals surface area contributed by atoms with Gasteiger partial charge >= 0.3 is 0 Å². The maximum absolute atomic E-state index is 10.6. The molecule has 0 aromatic rings. The molecule has 0 atom stereocenters. The van der Waals surface area contributed by atoms with Gasteiger partial charge in [0.25, 0.3) is 0 Å². The number of carbonyl (C=O) groups excluding carboxylic acids is 1. The molecule has 0 aromatic heterocycles. The zero-order chi connectivity index (χ0) is 8.36. The van der Waals surface area contributed by atoms with Gasteiger partial charge in [0.2, 0.25) is 0 Å². The van der Waals surface area contributed by atoms with Crippen LogP contribution in [0.15, 0.2) is 0 Å². The molecule has 0 bridgehead atoms. The summed E-state index contributed by atoms with van der Waals surface area (Å²) in [5, 5.41) is 10.1. The Kier molecular flexibility index (Phi) is 2.99. The van der Waals surface area contributed by atoms with Gasteiger partial charge in [0.05, 0.1) is 0 Å². The Labute approximate surface area is 61.6 Å². The summed E-state index contributed by atoms with van der Waals surface area (Å²) in [6.07, 6.45) is 0.375. The van der Waals surface area contributed by atoms with Crippen LogP contribution in [0, 0.1) is 0 Å². The summed E-state index contributed by atoms with van der Waals surface area (Å²) in [6, 6.07) is 0. The molecule has 60 valence electrons. The highest BCUT2D eigenvalue weighted by Crippen LogP contribution is 2.14. The molecule has 0 amide bonds. The van der Waals surface area contributed by atoms with Gasteiger partial charge in [0, 0.05) is 19.0 Å². The van der Waals surface area contributed by atoms with E-state index >= 15 is 0 Å². The number of nitrogens with zero attached hydrogens (tertiary/aromatic N) is 1. The van der Waals surface area contributed by atoms with Crippen molar-refractivity contribution in [1.82, 2.24) is 5.06 Å². The maximum atomic E-state index is 10.6. The molecule has 0 heterocycles. The lowest BCUT2D eigenvalue weighted by atomic mass is 9.98. The second-order valence-corrected chi connectivity index (χ2v) is 3.21. The highest BCUT2D eigenvalue weighted by molar-refractivity contribution is 5.76. The van der Waals surface area contributed by atoms with Gasteiger partial charge in [0.15, 0.2) is 0 Å². The number of carbonyl (C=O) groups is 1. The Morgan fingerprint density at radius 1 is 1.60 bits per heavy atom. The lowest BCUT2D eigenvalue weighted by Gasteiger charge is -2.29. The third-order valence-corrected chi connectivity index (χ3v) is 1.56. The minimum Gasteiger partial charge on any atom is -0.314 e. The number of hydrogen-bond donors (Lipinski definition) is 1. The van der Waals surface area contributed by atoms with Gasteiger partial charge in [-0.2, -0.15) is 5.06 Å². The summed E-state index contributed by atoms with van der Waals surface area (Å²) in [5.74, 6) is 0.0888. The Morgan fingerprint density at radius 3 is 2.10 bits per heavy atom. The molecule has 10 heavy (non-hydrogen) atoms.